The van der Waals surface area contributed by atoms with Crippen molar-refractivity contribution in [3.8, 4) is 5.75 Å². The molecule has 35 heavy (non-hydrogen) atoms. The van der Waals surface area contributed by atoms with Crippen molar-refractivity contribution >= 4 is 39.9 Å². The van der Waals surface area contributed by atoms with Gasteiger partial charge >= 0.3 is 11.9 Å². The number of anilines is 1. The summed E-state index contributed by atoms with van der Waals surface area (Å²) in [6, 6.07) is 9.57. The highest BCUT2D eigenvalue weighted by molar-refractivity contribution is 7.17. The zero-order valence-electron chi connectivity index (χ0n) is 19.3. The lowest BCUT2D eigenvalue weighted by atomic mass is 9.95. The molecule has 180 valence electrons. The van der Waals surface area contributed by atoms with Crippen molar-refractivity contribution < 1.29 is 33.4 Å². The Morgan fingerprint density at radius 3 is 2.54 bits per heavy atom. The quantitative estimate of drug-likeness (QED) is 0.243. The smallest absolute Gasteiger partial charge is 0.350 e. The van der Waals surface area contributed by atoms with Crippen LogP contribution in [0.4, 0.5) is 9.52 Å². The predicted octanol–water partition coefficient (Wildman–Crippen LogP) is 4.32. The van der Waals surface area contributed by atoms with E-state index in [2.05, 4.69) is 4.98 Å². The molecule has 0 radical (unpaired) electrons. The summed E-state index contributed by atoms with van der Waals surface area (Å²) in [5.41, 5.74) is 0.942. The highest BCUT2D eigenvalue weighted by Gasteiger charge is 2.48. The fraction of sp³-hybridized carbons (Fsp3) is 0.200. The summed E-state index contributed by atoms with van der Waals surface area (Å²) >= 11 is 0.889. The lowest BCUT2D eigenvalue weighted by molar-refractivity contribution is -0.132. The summed E-state index contributed by atoms with van der Waals surface area (Å²) in [5, 5.41) is 11.2. The predicted molar refractivity (Wildman–Crippen MR) is 127 cm³/mol. The fourth-order valence-electron chi connectivity index (χ4n) is 3.82. The highest BCUT2D eigenvalue weighted by atomic mass is 32.1. The minimum atomic E-state index is -1.11. The van der Waals surface area contributed by atoms with Gasteiger partial charge in [0.2, 0.25) is 0 Å². The third kappa shape index (κ3) is 4.17. The standard InChI is InChI=1S/C25H21FN2O6S/c1-12-8-9-15(11-17(12)26)20(29)18-19(14-6-5-7-16(10-14)33-3)28(23(31)21(18)30)25-27-13(2)22(35-25)24(32)34-4/h5-11,19,29H,1-4H3/b20-18+. The maximum Gasteiger partial charge on any atom is 0.350 e. The number of rotatable bonds is 5. The number of aryl methyl sites for hydroxylation is 2. The molecular formula is C25H21FN2O6S. The maximum atomic E-state index is 14.3. The average molecular weight is 497 g/mol. The van der Waals surface area contributed by atoms with Crippen molar-refractivity contribution in [1.29, 1.82) is 0 Å². The number of halogens is 1. The van der Waals surface area contributed by atoms with Crippen LogP contribution in [0.5, 0.6) is 5.75 Å². The number of carbonyl (C=O) groups excluding carboxylic acids is 3. The molecule has 1 aliphatic rings. The van der Waals surface area contributed by atoms with E-state index in [1.54, 1.807) is 38.1 Å². The number of Topliss-reactive ketones (excluding diaryl/α,β-unsaturated/α-hetero) is 1. The first kappa shape index (κ1) is 24.1. The van der Waals surface area contributed by atoms with Crippen LogP contribution >= 0.6 is 11.3 Å². The molecule has 1 atom stereocenters. The second kappa shape index (κ2) is 9.30. The zero-order chi connectivity index (χ0) is 25.4. The number of nitrogens with zero attached hydrogens (tertiary/aromatic N) is 2. The van der Waals surface area contributed by atoms with Crippen LogP contribution in [0.25, 0.3) is 5.76 Å². The van der Waals surface area contributed by atoms with Crippen LogP contribution in [0.15, 0.2) is 48.0 Å². The molecule has 1 aliphatic heterocycles. The number of ether oxygens (including phenoxy) is 2. The van der Waals surface area contributed by atoms with Gasteiger partial charge in [-0.15, -0.1) is 0 Å². The van der Waals surface area contributed by atoms with Gasteiger partial charge in [0.1, 0.15) is 22.2 Å². The van der Waals surface area contributed by atoms with Gasteiger partial charge in [0.05, 0.1) is 31.5 Å². The SMILES string of the molecule is COC(=O)c1sc(N2C(=O)C(=O)/C(=C(/O)c3ccc(C)c(F)c3)C2c2cccc(OC)c2)nc1C. The van der Waals surface area contributed by atoms with Crippen LogP contribution < -0.4 is 9.64 Å². The molecule has 8 nitrogen and oxygen atoms in total. The number of thiazole rings is 1. The molecule has 1 N–H and O–H groups in total. The van der Waals surface area contributed by atoms with Gasteiger partial charge in [-0.25, -0.2) is 14.2 Å². The normalized spacial score (nSPS) is 17.1. The lowest BCUT2D eigenvalue weighted by Gasteiger charge is -2.23. The van der Waals surface area contributed by atoms with Crippen molar-refractivity contribution in [2.24, 2.45) is 0 Å². The fourth-order valence-corrected chi connectivity index (χ4v) is 4.83. The van der Waals surface area contributed by atoms with Gasteiger partial charge in [-0.3, -0.25) is 14.5 Å². The molecule has 1 fully saturated rings. The number of esters is 1. The molecule has 0 bridgehead atoms. The van der Waals surface area contributed by atoms with Gasteiger partial charge in [-0.05, 0) is 43.2 Å². The number of benzene rings is 2. The summed E-state index contributed by atoms with van der Waals surface area (Å²) in [6.45, 7) is 3.15. The topological polar surface area (TPSA) is 106 Å². The number of aromatic nitrogens is 1. The number of ketones is 1. The van der Waals surface area contributed by atoms with E-state index >= 15 is 0 Å². The summed E-state index contributed by atoms with van der Waals surface area (Å²) in [5.74, 6) is -3.18. The third-order valence-corrected chi connectivity index (χ3v) is 6.80. The molecule has 1 unspecified atom stereocenters. The Balaban J connectivity index is 1.96. The first-order chi connectivity index (χ1) is 16.7. The van der Waals surface area contributed by atoms with Crippen molar-refractivity contribution in [3.63, 3.8) is 0 Å². The van der Waals surface area contributed by atoms with E-state index in [-0.39, 0.29) is 21.1 Å². The minimum absolute atomic E-state index is 0.0459. The van der Waals surface area contributed by atoms with Crippen LogP contribution in [0.3, 0.4) is 0 Å². The molecule has 2 heterocycles. The maximum absolute atomic E-state index is 14.3. The third-order valence-electron chi connectivity index (χ3n) is 5.66. The number of carbonyl (C=O) groups is 3. The van der Waals surface area contributed by atoms with Crippen molar-refractivity contribution in [2.75, 3.05) is 19.1 Å². The van der Waals surface area contributed by atoms with E-state index < -0.39 is 35.3 Å². The number of amides is 1. The Labute approximate surface area is 204 Å². The molecule has 1 amide bonds. The summed E-state index contributed by atoms with van der Waals surface area (Å²) in [6.07, 6.45) is 0. The van der Waals surface area contributed by atoms with Crippen LogP contribution in [0.2, 0.25) is 0 Å². The molecule has 1 saturated heterocycles. The van der Waals surface area contributed by atoms with Crippen molar-refractivity contribution in [1.82, 2.24) is 4.98 Å². The van der Waals surface area contributed by atoms with E-state index in [1.165, 1.54) is 26.4 Å². The number of aliphatic hydroxyl groups is 1. The molecule has 10 heteroatoms. The molecule has 0 spiro atoms. The Bertz CT molecular complexity index is 1400. The van der Waals surface area contributed by atoms with E-state index in [0.29, 0.717) is 22.6 Å². The minimum Gasteiger partial charge on any atom is -0.507 e. The molecule has 1 aromatic heterocycles. The number of methoxy groups -OCH3 is 2. The van der Waals surface area contributed by atoms with Gasteiger partial charge in [0, 0.05) is 5.56 Å². The lowest BCUT2D eigenvalue weighted by Crippen LogP contribution is -2.29. The number of hydrogen-bond acceptors (Lipinski definition) is 8. The summed E-state index contributed by atoms with van der Waals surface area (Å²) in [4.78, 5) is 44.2. The van der Waals surface area contributed by atoms with Crippen molar-refractivity contribution in [3.05, 3.63) is 81.1 Å². The highest BCUT2D eigenvalue weighted by Crippen LogP contribution is 2.44. The van der Waals surface area contributed by atoms with E-state index in [1.807, 2.05) is 0 Å². The van der Waals surface area contributed by atoms with Crippen LogP contribution in [-0.4, -0.2) is 42.0 Å². The van der Waals surface area contributed by atoms with Gasteiger partial charge in [-0.2, -0.15) is 0 Å². The molecule has 3 aromatic rings. The van der Waals surface area contributed by atoms with Gasteiger partial charge in [0.15, 0.2) is 5.13 Å². The first-order valence-corrected chi connectivity index (χ1v) is 11.3. The Morgan fingerprint density at radius 2 is 1.89 bits per heavy atom. The zero-order valence-corrected chi connectivity index (χ0v) is 20.1. The Kier molecular flexibility index (Phi) is 6.40. The van der Waals surface area contributed by atoms with E-state index in [4.69, 9.17) is 9.47 Å². The molecular weight excluding hydrogens is 475 g/mol. The van der Waals surface area contributed by atoms with Crippen molar-refractivity contribution in [2.45, 2.75) is 19.9 Å². The van der Waals surface area contributed by atoms with E-state index in [9.17, 15) is 23.9 Å². The number of hydrogen-bond donors (Lipinski definition) is 1. The van der Waals surface area contributed by atoms with Gasteiger partial charge in [0.25, 0.3) is 5.78 Å². The van der Waals surface area contributed by atoms with Gasteiger partial charge < -0.3 is 14.6 Å². The number of aliphatic hydroxyl groups excluding tert-OH is 1. The largest absolute Gasteiger partial charge is 0.507 e. The Morgan fingerprint density at radius 1 is 1.14 bits per heavy atom. The summed E-state index contributed by atoms with van der Waals surface area (Å²) < 4.78 is 24.3. The Hall–Kier alpha value is -4.05. The monoisotopic (exact) mass is 496 g/mol. The second-order valence-electron chi connectivity index (χ2n) is 7.81. The first-order valence-electron chi connectivity index (χ1n) is 10.4. The van der Waals surface area contributed by atoms with Crippen LogP contribution in [0.1, 0.15) is 38.1 Å². The molecule has 2 aromatic carbocycles. The second-order valence-corrected chi connectivity index (χ2v) is 8.79. The van der Waals surface area contributed by atoms with Crippen LogP contribution in [0, 0.1) is 19.7 Å². The van der Waals surface area contributed by atoms with Gasteiger partial charge in [-0.1, -0.05) is 35.6 Å². The van der Waals surface area contributed by atoms with Crippen LogP contribution in [-0.2, 0) is 14.3 Å². The molecule has 0 saturated carbocycles. The average Bonchev–Trinajstić information content (AvgIpc) is 3.36. The molecule has 4 rings (SSSR count). The van der Waals surface area contributed by atoms with E-state index in [0.717, 1.165) is 22.3 Å². The summed E-state index contributed by atoms with van der Waals surface area (Å²) in [7, 11) is 2.70. The molecule has 0 aliphatic carbocycles.